The third kappa shape index (κ3) is 4.85. The maximum atomic E-state index is 13.3. The topological polar surface area (TPSA) is 131 Å². The summed E-state index contributed by atoms with van der Waals surface area (Å²) in [4.78, 5) is 24.3. The van der Waals surface area contributed by atoms with Crippen molar-refractivity contribution in [1.29, 1.82) is 0 Å². The number of piperazine rings is 1. The van der Waals surface area contributed by atoms with E-state index in [1.54, 1.807) is 59.7 Å². The molecule has 5 aromatic rings. The zero-order valence-electron chi connectivity index (χ0n) is 22.0. The average molecular weight is 558 g/mol. The molecule has 1 N–H and O–H groups in total. The number of sulfonamides is 1. The van der Waals surface area contributed by atoms with Gasteiger partial charge in [-0.15, -0.1) is 0 Å². The second kappa shape index (κ2) is 10.3. The van der Waals surface area contributed by atoms with E-state index in [0.29, 0.717) is 60.3 Å². The summed E-state index contributed by atoms with van der Waals surface area (Å²) in [6.45, 7) is 4.24. The number of hydrogen-bond donors (Lipinski definition) is 1. The lowest BCUT2D eigenvalue weighted by molar-refractivity contribution is 0.102. The molecule has 204 valence electrons. The van der Waals surface area contributed by atoms with E-state index in [1.807, 2.05) is 26.1 Å². The Morgan fingerprint density at radius 3 is 2.48 bits per heavy atom. The fourth-order valence-corrected chi connectivity index (χ4v) is 5.94. The monoisotopic (exact) mass is 557 g/mol. The van der Waals surface area contributed by atoms with Crippen molar-refractivity contribution < 1.29 is 13.2 Å². The highest BCUT2D eigenvalue weighted by Crippen LogP contribution is 2.27. The van der Waals surface area contributed by atoms with Crippen LogP contribution in [0, 0.1) is 6.92 Å². The van der Waals surface area contributed by atoms with E-state index < -0.39 is 15.9 Å². The Balaban J connectivity index is 1.32. The van der Waals surface area contributed by atoms with Crippen LogP contribution in [0.15, 0.2) is 78.2 Å². The minimum atomic E-state index is -3.59. The number of likely N-dealkylation sites (N-methyl/N-ethyl adjacent to an activating group) is 1. The molecule has 0 spiro atoms. The summed E-state index contributed by atoms with van der Waals surface area (Å²) < 4.78 is 30.9. The molecule has 0 saturated carbocycles. The van der Waals surface area contributed by atoms with E-state index in [9.17, 15) is 13.2 Å². The zero-order chi connectivity index (χ0) is 27.9. The highest BCUT2D eigenvalue weighted by Gasteiger charge is 2.27. The van der Waals surface area contributed by atoms with Crippen LogP contribution in [0.1, 0.15) is 15.9 Å². The molecule has 0 aliphatic carbocycles. The standard InChI is InChI=1S/C27H27N9O3S/c1-19-4-9-24(29-17-19)36-25(31-27(37)22-18-30-35-11-3-10-28-26(22)35)16-23(32-36)20-5-7-21(8-6-20)40(38,39)34-14-12-33(2)13-15-34/h3-11,16-18H,12-15H2,1-2H3,(H,31,37). The van der Waals surface area contributed by atoms with Gasteiger partial charge < -0.3 is 10.2 Å². The van der Waals surface area contributed by atoms with E-state index in [2.05, 4.69) is 25.3 Å². The zero-order valence-corrected chi connectivity index (χ0v) is 22.8. The number of nitrogens with one attached hydrogen (secondary N) is 1. The van der Waals surface area contributed by atoms with Crippen LogP contribution < -0.4 is 5.32 Å². The number of fused-ring (bicyclic) bond motifs is 1. The summed E-state index contributed by atoms with van der Waals surface area (Å²) in [6, 6.07) is 13.8. The van der Waals surface area contributed by atoms with Gasteiger partial charge in [-0.05, 0) is 43.8 Å². The third-order valence-corrected chi connectivity index (χ3v) is 8.75. The highest BCUT2D eigenvalue weighted by molar-refractivity contribution is 7.89. The minimum absolute atomic E-state index is 0.231. The van der Waals surface area contributed by atoms with Crippen LogP contribution in [0.2, 0.25) is 0 Å². The van der Waals surface area contributed by atoms with Crippen molar-refractivity contribution in [3.63, 3.8) is 0 Å². The number of carbonyl (C=O) groups is 1. The lowest BCUT2D eigenvalue weighted by atomic mass is 10.1. The van der Waals surface area contributed by atoms with Crippen LogP contribution in [-0.2, 0) is 10.0 Å². The lowest BCUT2D eigenvalue weighted by Crippen LogP contribution is -2.46. The number of amides is 1. The Morgan fingerprint density at radius 2 is 1.75 bits per heavy atom. The molecule has 6 rings (SSSR count). The first kappa shape index (κ1) is 25.8. The number of anilines is 1. The first-order chi connectivity index (χ1) is 19.3. The maximum absolute atomic E-state index is 13.3. The van der Waals surface area contributed by atoms with Gasteiger partial charge in [-0.3, -0.25) is 4.79 Å². The Labute approximate surface area is 230 Å². The minimum Gasteiger partial charge on any atom is -0.306 e. The van der Waals surface area contributed by atoms with Crippen molar-refractivity contribution in [2.24, 2.45) is 0 Å². The van der Waals surface area contributed by atoms with E-state index >= 15 is 0 Å². The van der Waals surface area contributed by atoms with Crippen LogP contribution in [0.3, 0.4) is 0 Å². The maximum Gasteiger partial charge on any atom is 0.262 e. The van der Waals surface area contributed by atoms with Crippen molar-refractivity contribution in [3.8, 4) is 17.1 Å². The molecule has 40 heavy (non-hydrogen) atoms. The van der Waals surface area contributed by atoms with Gasteiger partial charge in [-0.25, -0.2) is 22.9 Å². The summed E-state index contributed by atoms with van der Waals surface area (Å²) in [6.07, 6.45) is 6.49. The number of carbonyl (C=O) groups excluding carboxylic acids is 1. The van der Waals surface area contributed by atoms with Crippen molar-refractivity contribution in [3.05, 3.63) is 84.4 Å². The van der Waals surface area contributed by atoms with Crippen molar-refractivity contribution >= 4 is 27.4 Å². The van der Waals surface area contributed by atoms with Gasteiger partial charge in [0.2, 0.25) is 10.0 Å². The Morgan fingerprint density at radius 1 is 0.975 bits per heavy atom. The quantitative estimate of drug-likeness (QED) is 0.337. The summed E-state index contributed by atoms with van der Waals surface area (Å²) >= 11 is 0. The molecule has 0 bridgehead atoms. The first-order valence-corrected chi connectivity index (χ1v) is 14.2. The van der Waals surface area contributed by atoms with E-state index in [-0.39, 0.29) is 4.90 Å². The number of rotatable bonds is 6. The molecule has 1 aromatic carbocycles. The largest absolute Gasteiger partial charge is 0.306 e. The highest BCUT2D eigenvalue weighted by atomic mass is 32.2. The summed E-state index contributed by atoms with van der Waals surface area (Å²) in [5, 5.41) is 11.8. The van der Waals surface area contributed by atoms with Gasteiger partial charge in [-0.1, -0.05) is 18.2 Å². The fourth-order valence-electron chi connectivity index (χ4n) is 4.52. The number of pyridine rings is 1. The van der Waals surface area contributed by atoms with Crippen LogP contribution in [0.5, 0.6) is 0 Å². The number of hydrogen-bond acceptors (Lipinski definition) is 8. The number of nitrogens with zero attached hydrogens (tertiary/aromatic N) is 8. The Hall–Kier alpha value is -4.46. The lowest BCUT2D eigenvalue weighted by Gasteiger charge is -2.31. The van der Waals surface area contributed by atoms with Gasteiger partial charge in [0.25, 0.3) is 5.91 Å². The predicted molar refractivity (Wildman–Crippen MR) is 149 cm³/mol. The summed E-state index contributed by atoms with van der Waals surface area (Å²) in [5.41, 5.74) is 2.95. The van der Waals surface area contributed by atoms with Crippen LogP contribution in [0.4, 0.5) is 5.82 Å². The molecule has 0 atom stereocenters. The molecule has 1 aliphatic heterocycles. The normalized spacial score (nSPS) is 14.9. The SMILES string of the molecule is Cc1ccc(-n2nc(-c3ccc(S(=O)(=O)N4CCN(C)CC4)cc3)cc2NC(=O)c2cnn3cccnc23)nc1. The van der Waals surface area contributed by atoms with Gasteiger partial charge in [-0.2, -0.15) is 19.2 Å². The molecule has 0 unspecified atom stereocenters. The first-order valence-electron chi connectivity index (χ1n) is 12.7. The number of aromatic nitrogens is 6. The number of aryl methyl sites for hydroxylation is 1. The second-order valence-electron chi connectivity index (χ2n) is 9.65. The van der Waals surface area contributed by atoms with E-state index in [4.69, 9.17) is 5.10 Å². The molecule has 1 aliphatic rings. The summed E-state index contributed by atoms with van der Waals surface area (Å²) in [7, 11) is -1.61. The van der Waals surface area contributed by atoms with E-state index in [1.165, 1.54) is 15.0 Å². The van der Waals surface area contributed by atoms with Gasteiger partial charge in [0.05, 0.1) is 16.8 Å². The fraction of sp³-hybridized carbons (Fsp3) is 0.222. The van der Waals surface area contributed by atoms with Crippen molar-refractivity contribution in [2.75, 3.05) is 38.5 Å². The number of benzene rings is 1. The molecular weight excluding hydrogens is 530 g/mol. The van der Waals surface area contributed by atoms with Gasteiger partial charge in [0.1, 0.15) is 11.4 Å². The molecule has 13 heteroatoms. The molecular formula is C27H27N9O3S. The predicted octanol–water partition coefficient (Wildman–Crippen LogP) is 2.47. The molecule has 1 fully saturated rings. The van der Waals surface area contributed by atoms with Gasteiger partial charge >= 0.3 is 0 Å². The Kier molecular flexibility index (Phi) is 6.62. The molecule has 1 saturated heterocycles. The average Bonchev–Trinajstić information content (AvgIpc) is 3.59. The van der Waals surface area contributed by atoms with Gasteiger partial charge in [0, 0.05) is 56.4 Å². The van der Waals surface area contributed by atoms with Crippen molar-refractivity contribution in [2.45, 2.75) is 11.8 Å². The third-order valence-electron chi connectivity index (χ3n) is 6.84. The molecule has 1 amide bonds. The van der Waals surface area contributed by atoms with Crippen LogP contribution in [-0.4, -0.2) is 86.1 Å². The van der Waals surface area contributed by atoms with Crippen LogP contribution >= 0.6 is 0 Å². The second-order valence-corrected chi connectivity index (χ2v) is 11.6. The Bertz CT molecular complexity index is 1790. The van der Waals surface area contributed by atoms with Crippen molar-refractivity contribution in [1.82, 2.24) is 38.6 Å². The molecule has 12 nitrogen and oxygen atoms in total. The molecule has 5 heterocycles. The summed E-state index contributed by atoms with van der Waals surface area (Å²) in [5.74, 6) is 0.502. The molecule has 4 aromatic heterocycles. The van der Waals surface area contributed by atoms with Gasteiger partial charge in [0.15, 0.2) is 11.5 Å². The smallest absolute Gasteiger partial charge is 0.262 e. The van der Waals surface area contributed by atoms with E-state index in [0.717, 1.165) is 5.56 Å². The van der Waals surface area contributed by atoms with Crippen LogP contribution in [0.25, 0.3) is 22.7 Å². The molecule has 0 radical (unpaired) electrons.